The molecule has 0 amide bonds. The summed E-state index contributed by atoms with van der Waals surface area (Å²) < 4.78 is 26.9. The Balaban J connectivity index is 3.01. The lowest BCUT2D eigenvalue weighted by atomic mass is 10.6. The second-order valence-electron chi connectivity index (χ2n) is 2.90. The van der Waals surface area contributed by atoms with Crippen molar-refractivity contribution in [2.45, 2.75) is 25.4 Å². The minimum atomic E-state index is -3.64. The van der Waals surface area contributed by atoms with Crippen LogP contribution in [0.4, 0.5) is 0 Å². The molecular formula is C8H12N4O2S. The van der Waals surface area contributed by atoms with Gasteiger partial charge in [0.1, 0.15) is 5.82 Å². The highest BCUT2D eigenvalue weighted by Gasteiger charge is 2.17. The predicted octanol–water partition coefficient (Wildman–Crippen LogP) is 0.0133. The Bertz CT molecular complexity index is 483. The maximum Gasteiger partial charge on any atom is 0.260 e. The number of nitrogens with one attached hydrogen (secondary N) is 1. The topological polar surface area (TPSA) is 87.8 Å². The van der Waals surface area contributed by atoms with Crippen molar-refractivity contribution in [3.05, 3.63) is 12.0 Å². The first-order chi connectivity index (χ1) is 7.01. The summed E-state index contributed by atoms with van der Waals surface area (Å²) in [5.41, 5.74) is 0. The molecule has 0 bridgehead atoms. The van der Waals surface area contributed by atoms with Gasteiger partial charge in [-0.1, -0.05) is 0 Å². The number of rotatable bonds is 4. The number of imidazole rings is 1. The fourth-order valence-corrected chi connectivity index (χ4v) is 2.05. The molecular weight excluding hydrogens is 216 g/mol. The van der Waals surface area contributed by atoms with Crippen LogP contribution in [0.15, 0.2) is 11.2 Å². The van der Waals surface area contributed by atoms with Crippen LogP contribution in [0, 0.1) is 18.3 Å². The molecule has 15 heavy (non-hydrogen) atoms. The van der Waals surface area contributed by atoms with Crippen molar-refractivity contribution in [1.82, 2.24) is 14.3 Å². The maximum absolute atomic E-state index is 11.5. The van der Waals surface area contributed by atoms with Gasteiger partial charge in [-0.25, -0.2) is 13.4 Å². The van der Waals surface area contributed by atoms with Crippen molar-refractivity contribution < 1.29 is 8.42 Å². The molecule has 6 nitrogen and oxygen atoms in total. The number of aromatic nitrogens is 2. The fraction of sp³-hybridized carbons (Fsp3) is 0.500. The smallest absolute Gasteiger partial charge is 0.260 e. The Labute approximate surface area is 88.6 Å². The highest BCUT2D eigenvalue weighted by molar-refractivity contribution is 7.89. The molecule has 0 aliphatic heterocycles. The lowest BCUT2D eigenvalue weighted by molar-refractivity contribution is 0.582. The van der Waals surface area contributed by atoms with Crippen molar-refractivity contribution in [1.29, 1.82) is 5.26 Å². The quantitative estimate of drug-likeness (QED) is 0.735. The first-order valence-electron chi connectivity index (χ1n) is 4.41. The zero-order valence-electron chi connectivity index (χ0n) is 8.56. The average molecular weight is 228 g/mol. The Morgan fingerprint density at radius 3 is 2.80 bits per heavy atom. The van der Waals surface area contributed by atoms with E-state index >= 15 is 0 Å². The van der Waals surface area contributed by atoms with E-state index < -0.39 is 10.0 Å². The van der Waals surface area contributed by atoms with E-state index in [1.54, 1.807) is 17.6 Å². The molecule has 0 saturated heterocycles. The number of aryl methyl sites for hydroxylation is 2. The highest BCUT2D eigenvalue weighted by atomic mass is 32.2. The summed E-state index contributed by atoms with van der Waals surface area (Å²) >= 11 is 0. The lowest BCUT2D eigenvalue weighted by Crippen LogP contribution is -2.24. The molecule has 0 atom stereocenters. The van der Waals surface area contributed by atoms with Gasteiger partial charge in [0.25, 0.3) is 10.0 Å². The van der Waals surface area contributed by atoms with E-state index in [4.69, 9.17) is 5.26 Å². The standard InChI is InChI=1S/C8H12N4O2S/c1-3-12-6-8(11-7(12)2)15(13,14)10-5-4-9/h6,10H,3,5H2,1-2H3. The average Bonchev–Trinajstić information content (AvgIpc) is 2.57. The Morgan fingerprint density at radius 2 is 2.33 bits per heavy atom. The van der Waals surface area contributed by atoms with Crippen LogP contribution in [0.5, 0.6) is 0 Å². The summed E-state index contributed by atoms with van der Waals surface area (Å²) in [7, 11) is -3.64. The van der Waals surface area contributed by atoms with Gasteiger partial charge < -0.3 is 4.57 Å². The van der Waals surface area contributed by atoms with Crippen molar-refractivity contribution in [3.8, 4) is 6.07 Å². The molecule has 0 aliphatic rings. The summed E-state index contributed by atoms with van der Waals surface area (Å²) in [5.74, 6) is 0.634. The number of nitrogens with zero attached hydrogens (tertiary/aromatic N) is 3. The Kier molecular flexibility index (Phi) is 3.44. The number of hydrogen-bond donors (Lipinski definition) is 1. The van der Waals surface area contributed by atoms with E-state index in [0.717, 1.165) is 0 Å². The largest absolute Gasteiger partial charge is 0.334 e. The SMILES string of the molecule is CCn1cc(S(=O)(=O)NCC#N)nc1C. The normalized spacial score (nSPS) is 11.3. The van der Waals surface area contributed by atoms with Crippen LogP contribution >= 0.6 is 0 Å². The zero-order valence-corrected chi connectivity index (χ0v) is 9.37. The molecule has 1 aromatic rings. The fourth-order valence-electron chi connectivity index (χ4n) is 1.13. The Morgan fingerprint density at radius 1 is 1.67 bits per heavy atom. The minimum Gasteiger partial charge on any atom is -0.334 e. The summed E-state index contributed by atoms with van der Waals surface area (Å²) in [6.07, 6.45) is 1.45. The van der Waals surface area contributed by atoms with Crippen LogP contribution in [0.25, 0.3) is 0 Å². The third-order valence-corrected chi connectivity index (χ3v) is 3.18. The van der Waals surface area contributed by atoms with E-state index in [-0.39, 0.29) is 11.6 Å². The van der Waals surface area contributed by atoms with Crippen LogP contribution in [0.3, 0.4) is 0 Å². The number of nitriles is 1. The molecule has 1 rings (SSSR count). The molecule has 0 radical (unpaired) electrons. The van der Waals surface area contributed by atoms with Crippen LogP contribution in [-0.4, -0.2) is 24.5 Å². The second kappa shape index (κ2) is 4.42. The van der Waals surface area contributed by atoms with Gasteiger partial charge in [0.2, 0.25) is 0 Å². The molecule has 1 N–H and O–H groups in total. The third-order valence-electron chi connectivity index (χ3n) is 1.91. The van der Waals surface area contributed by atoms with Gasteiger partial charge >= 0.3 is 0 Å². The Hall–Kier alpha value is -1.39. The molecule has 0 spiro atoms. The van der Waals surface area contributed by atoms with Crippen LogP contribution in [0.1, 0.15) is 12.7 Å². The molecule has 0 fully saturated rings. The lowest BCUT2D eigenvalue weighted by Gasteiger charge is -1.97. The molecule has 0 aliphatic carbocycles. The van der Waals surface area contributed by atoms with E-state index in [1.165, 1.54) is 6.20 Å². The first-order valence-corrected chi connectivity index (χ1v) is 5.90. The number of sulfonamides is 1. The molecule has 7 heteroatoms. The van der Waals surface area contributed by atoms with E-state index in [2.05, 4.69) is 9.71 Å². The zero-order chi connectivity index (χ0) is 11.5. The van der Waals surface area contributed by atoms with Gasteiger partial charge in [-0.2, -0.15) is 9.98 Å². The molecule has 0 saturated carbocycles. The van der Waals surface area contributed by atoms with E-state index in [1.807, 2.05) is 6.92 Å². The predicted molar refractivity (Wildman–Crippen MR) is 53.4 cm³/mol. The monoisotopic (exact) mass is 228 g/mol. The molecule has 82 valence electrons. The molecule has 0 aromatic carbocycles. The minimum absolute atomic E-state index is 0.0444. The van der Waals surface area contributed by atoms with Crippen molar-refractivity contribution >= 4 is 10.0 Å². The summed E-state index contributed by atoms with van der Waals surface area (Å²) in [5, 5.41) is 8.24. The van der Waals surface area contributed by atoms with Gasteiger partial charge in [-0.05, 0) is 13.8 Å². The van der Waals surface area contributed by atoms with Crippen molar-refractivity contribution in [2.24, 2.45) is 0 Å². The number of hydrogen-bond acceptors (Lipinski definition) is 4. The van der Waals surface area contributed by atoms with Crippen molar-refractivity contribution in [2.75, 3.05) is 6.54 Å². The summed E-state index contributed by atoms with van der Waals surface area (Å²) in [6.45, 7) is 4.04. The van der Waals surface area contributed by atoms with Crippen LogP contribution in [-0.2, 0) is 16.6 Å². The summed E-state index contributed by atoms with van der Waals surface area (Å²) in [4.78, 5) is 3.91. The van der Waals surface area contributed by atoms with Gasteiger partial charge in [-0.15, -0.1) is 0 Å². The molecule has 0 unspecified atom stereocenters. The van der Waals surface area contributed by atoms with Gasteiger partial charge in [0, 0.05) is 12.7 Å². The first kappa shape index (κ1) is 11.7. The van der Waals surface area contributed by atoms with E-state index in [0.29, 0.717) is 12.4 Å². The molecule has 1 aromatic heterocycles. The van der Waals surface area contributed by atoms with Gasteiger partial charge in [-0.3, -0.25) is 0 Å². The van der Waals surface area contributed by atoms with Crippen LogP contribution in [0.2, 0.25) is 0 Å². The van der Waals surface area contributed by atoms with Crippen LogP contribution < -0.4 is 4.72 Å². The van der Waals surface area contributed by atoms with Crippen molar-refractivity contribution in [3.63, 3.8) is 0 Å². The second-order valence-corrected chi connectivity index (χ2v) is 4.61. The summed E-state index contributed by atoms with van der Waals surface area (Å²) in [6, 6.07) is 1.70. The maximum atomic E-state index is 11.5. The molecule has 1 heterocycles. The highest BCUT2D eigenvalue weighted by Crippen LogP contribution is 2.08. The van der Waals surface area contributed by atoms with Gasteiger partial charge in [0.05, 0.1) is 12.6 Å². The van der Waals surface area contributed by atoms with E-state index in [9.17, 15) is 8.42 Å². The van der Waals surface area contributed by atoms with Gasteiger partial charge in [0.15, 0.2) is 5.03 Å². The third kappa shape index (κ3) is 2.55.